The fourth-order valence-electron chi connectivity index (χ4n) is 20.6. The van der Waals surface area contributed by atoms with Gasteiger partial charge in [0, 0.05) is 104 Å². The Morgan fingerprint density at radius 2 is 0.726 bits per heavy atom. The van der Waals surface area contributed by atoms with E-state index in [9.17, 15) is 0 Å². The van der Waals surface area contributed by atoms with E-state index in [1.165, 1.54) is 148 Å². The van der Waals surface area contributed by atoms with Crippen LogP contribution in [0.4, 0.5) is 22.7 Å². The second-order valence-corrected chi connectivity index (χ2v) is 35.2. The first kappa shape index (κ1) is 68.8. The van der Waals surface area contributed by atoms with Gasteiger partial charge in [-0.05, 0) is 180 Å². The molecule has 8 heterocycles. The number of hydrogen-bond donors (Lipinski definition) is 0. The average Bonchev–Trinajstić information content (AvgIpc) is 1.66. The number of fused-ring (bicyclic) bond motifs is 13. The molecule has 0 amide bonds. The summed E-state index contributed by atoms with van der Waals surface area (Å²) in [5, 5.41) is 7.37. The minimum Gasteiger partial charge on any atom is -0.316 e. The molecule has 558 valence electrons. The summed E-state index contributed by atoms with van der Waals surface area (Å²) in [6.07, 6.45) is 5.59. The summed E-state index contributed by atoms with van der Waals surface area (Å²) >= 11 is 1.87. The highest BCUT2D eigenvalue weighted by Crippen LogP contribution is 2.60. The molecule has 117 heavy (non-hydrogen) atoms. The first-order valence-corrected chi connectivity index (χ1v) is 41.7. The van der Waals surface area contributed by atoms with Crippen LogP contribution in [-0.2, 0) is 28.1 Å². The number of benzene rings is 15. The zero-order valence-electron chi connectivity index (χ0n) is 66.2. The lowest BCUT2D eigenvalue weighted by Crippen LogP contribution is -2.39. The minimum atomic E-state index is -0.423. The molecule has 0 aliphatic carbocycles. The molecular weight excluding hydrogens is 1440 g/mol. The van der Waals surface area contributed by atoms with Crippen LogP contribution in [0.3, 0.4) is 0 Å². The van der Waals surface area contributed by atoms with E-state index < -0.39 is 5.41 Å². The van der Waals surface area contributed by atoms with Crippen molar-refractivity contribution in [1.29, 1.82) is 0 Å². The Labute approximate surface area is 684 Å². The van der Waals surface area contributed by atoms with Crippen LogP contribution in [0, 0.1) is 0 Å². The van der Waals surface area contributed by atoms with Gasteiger partial charge in [-0.25, -0.2) is 4.98 Å². The maximum atomic E-state index is 5.57. The molecule has 23 rings (SSSR count). The number of thiophene rings is 1. The van der Waals surface area contributed by atoms with Crippen molar-refractivity contribution in [3.8, 4) is 67.8 Å². The van der Waals surface area contributed by atoms with E-state index in [-0.39, 0.29) is 16.2 Å². The quantitative estimate of drug-likeness (QED) is 0.129. The third-order valence-corrected chi connectivity index (χ3v) is 27.6. The fourth-order valence-corrected chi connectivity index (χ4v) is 21.7. The fraction of sp³-hybridized carbons (Fsp3) is 0.110. The number of anilines is 4. The molecule has 4 aromatic heterocycles. The van der Waals surface area contributed by atoms with Gasteiger partial charge in [0.2, 0.25) is 5.95 Å². The molecule has 8 heteroatoms. The Hall–Kier alpha value is -13.8. The van der Waals surface area contributed by atoms with Gasteiger partial charge >= 0.3 is 0 Å². The topological polar surface area (TPSA) is 55.0 Å². The van der Waals surface area contributed by atoms with Crippen molar-refractivity contribution >= 4 is 109 Å². The van der Waals surface area contributed by atoms with Crippen molar-refractivity contribution in [1.82, 2.24) is 24.1 Å². The molecule has 0 N–H and O–H groups in total. The zero-order valence-corrected chi connectivity index (χ0v) is 67.0. The molecule has 15 aromatic carbocycles. The number of hydrogen-bond acceptors (Lipinski definition) is 6. The van der Waals surface area contributed by atoms with Gasteiger partial charge in [-0.15, -0.1) is 11.3 Å². The summed E-state index contributed by atoms with van der Waals surface area (Å²) in [5.41, 5.74) is 32.6. The zero-order chi connectivity index (χ0) is 78.4. The summed E-state index contributed by atoms with van der Waals surface area (Å²) in [6.45, 7) is 16.8. The molecule has 4 aliphatic rings. The highest BCUT2D eigenvalue weighted by atomic mass is 32.1. The van der Waals surface area contributed by atoms with Gasteiger partial charge < -0.3 is 14.4 Å². The van der Waals surface area contributed by atoms with E-state index >= 15 is 0 Å². The van der Waals surface area contributed by atoms with Crippen molar-refractivity contribution in [3.63, 3.8) is 0 Å². The lowest BCUT2D eigenvalue weighted by molar-refractivity contribution is 0.554. The Bertz CT molecular complexity index is 7460. The van der Waals surface area contributed by atoms with Crippen LogP contribution in [0.1, 0.15) is 98.5 Å². The smallest absolute Gasteiger partial charge is 0.238 e. The molecule has 0 radical (unpaired) electrons. The van der Waals surface area contributed by atoms with Gasteiger partial charge in [0.15, 0.2) is 11.6 Å². The van der Waals surface area contributed by atoms with Crippen LogP contribution in [-0.4, -0.2) is 24.1 Å². The second-order valence-electron chi connectivity index (χ2n) is 34.1. The maximum Gasteiger partial charge on any atom is 0.238 e. The largest absolute Gasteiger partial charge is 0.316 e. The average molecular weight is 1520 g/mol. The Morgan fingerprint density at radius 1 is 0.291 bits per heavy atom. The molecule has 0 saturated heterocycles. The van der Waals surface area contributed by atoms with Crippen LogP contribution >= 0.6 is 11.3 Å². The second kappa shape index (κ2) is 25.6. The van der Waals surface area contributed by atoms with Gasteiger partial charge in [0.1, 0.15) is 0 Å². The first-order chi connectivity index (χ1) is 57.1. The normalized spacial score (nSPS) is 16.0. The summed E-state index contributed by atoms with van der Waals surface area (Å²) in [6, 6.07) is 126. The van der Waals surface area contributed by atoms with Crippen LogP contribution in [0.15, 0.2) is 352 Å². The summed E-state index contributed by atoms with van der Waals surface area (Å²) in [4.78, 5) is 21.4. The minimum absolute atomic E-state index is 0.130. The van der Waals surface area contributed by atoms with Gasteiger partial charge in [-0.3, -0.25) is 4.57 Å². The predicted molar refractivity (Wildman–Crippen MR) is 489 cm³/mol. The first-order valence-electron chi connectivity index (χ1n) is 40.8. The third-order valence-electron chi connectivity index (χ3n) is 26.5. The van der Waals surface area contributed by atoms with Crippen molar-refractivity contribution in [2.75, 3.05) is 9.80 Å². The highest BCUT2D eigenvalue weighted by Gasteiger charge is 2.47. The van der Waals surface area contributed by atoms with E-state index in [0.717, 1.165) is 56.2 Å². The lowest BCUT2D eigenvalue weighted by Gasteiger charge is -2.49. The molecule has 0 fully saturated rings. The molecular formula is C109H81N7S. The number of nitrogens with zero attached hydrogens (tertiary/aromatic N) is 7. The van der Waals surface area contributed by atoms with Crippen molar-refractivity contribution < 1.29 is 0 Å². The van der Waals surface area contributed by atoms with E-state index in [4.69, 9.17) is 15.0 Å². The van der Waals surface area contributed by atoms with E-state index in [2.05, 4.69) is 413 Å². The van der Waals surface area contributed by atoms with E-state index in [1.54, 1.807) is 0 Å². The Morgan fingerprint density at radius 3 is 1.37 bits per heavy atom. The van der Waals surface area contributed by atoms with Crippen LogP contribution in [0.25, 0.3) is 143 Å². The van der Waals surface area contributed by atoms with Crippen LogP contribution < -0.4 is 9.80 Å². The van der Waals surface area contributed by atoms with Gasteiger partial charge in [0.25, 0.3) is 0 Å². The summed E-state index contributed by atoms with van der Waals surface area (Å²) in [7, 11) is 0. The Kier molecular flexibility index (Phi) is 15.1. The molecule has 0 saturated carbocycles. The van der Waals surface area contributed by atoms with Gasteiger partial charge in [0.05, 0.1) is 33.4 Å². The molecule has 1 atom stereocenters. The maximum absolute atomic E-state index is 5.57. The highest BCUT2D eigenvalue weighted by molar-refractivity contribution is 7.25. The Balaban J connectivity index is 0.565. The molecule has 1 unspecified atom stereocenters. The number of aromatic nitrogens is 5. The van der Waals surface area contributed by atoms with E-state index in [0.29, 0.717) is 17.6 Å². The number of allylic oxidation sites excluding steroid dienone is 2. The summed E-state index contributed by atoms with van der Waals surface area (Å²) in [5.74, 6) is 1.78. The molecule has 7 nitrogen and oxygen atoms in total. The molecule has 0 spiro atoms. The standard InChI is InChI=1S/C109H81N7S/c1-106(2)83-37-16-20-45-93(83)113-65-89(107(3,4)86-40-25-39-85(106)101(86)113)71-55-51-69(52-56-71)77-35-23-48-96-99(77)80-34-15-19-44-92(80)116(96)105-111-103(72-28-10-8-11-29-72)110-104(112-105)75-30-22-27-67(61-75)64-109(7)84-38-17-21-46-94(84)114-66-90(108(5,6)87-41-26-42-88(109)102(87)114)70-53-49-68(50-54-70)73-57-59-97-81(62-73)82-63-74(58-60-98(82)117-97)78-36-24-47-95-100(78)79-33-14-18-43-91(79)115(95)76-31-12-9-13-32-76/h8-63,65-66H,64H2,1-7H3. The van der Waals surface area contributed by atoms with Crippen molar-refractivity contribution in [2.45, 2.75) is 76.5 Å². The predicted octanol–water partition coefficient (Wildman–Crippen LogP) is 28.2. The summed E-state index contributed by atoms with van der Waals surface area (Å²) < 4.78 is 7.24. The van der Waals surface area contributed by atoms with Gasteiger partial charge in [-0.1, -0.05) is 309 Å². The number of para-hydroxylation sites is 7. The molecule has 19 aromatic rings. The van der Waals surface area contributed by atoms with Crippen LogP contribution in [0.5, 0.6) is 0 Å². The van der Waals surface area contributed by atoms with Gasteiger partial charge in [-0.2, -0.15) is 9.97 Å². The number of rotatable bonds is 11. The van der Waals surface area contributed by atoms with Crippen LogP contribution in [0.2, 0.25) is 0 Å². The third kappa shape index (κ3) is 10.3. The lowest BCUT2D eigenvalue weighted by atomic mass is 9.64. The van der Waals surface area contributed by atoms with E-state index in [1.807, 2.05) is 17.4 Å². The molecule has 0 bridgehead atoms. The van der Waals surface area contributed by atoms with Crippen molar-refractivity contribution in [3.05, 3.63) is 402 Å². The SMILES string of the molecule is CC1(C)C(c2ccc(-c3cccc4c3c3ccccc3n4-c3nc(-c4ccccc4)nc(-c4cccc(CC5(C)c6ccccc6N6C=C(c7ccc(-c8ccc9sc%10ccc(-c%11cccc%12c%11c%11ccccc%11n%12-c%11ccccc%11)cc%10c9c8)cc7)C(C)(C)c7cccc5c76)c4)n3)cc2)=CN2c3ccccc3C(C)(C)c3cccc1c32. The van der Waals surface area contributed by atoms with Crippen molar-refractivity contribution in [2.24, 2.45) is 0 Å². The molecule has 4 aliphatic heterocycles. The monoisotopic (exact) mass is 1520 g/mol.